The lowest BCUT2D eigenvalue weighted by molar-refractivity contribution is 0.100. The Morgan fingerprint density at radius 3 is 2.61 bits per heavy atom. The minimum absolute atomic E-state index is 0.207. The molecule has 0 atom stereocenters. The molecular weight excluding hydrogens is 462 g/mol. The van der Waals surface area contributed by atoms with E-state index in [1.165, 1.54) is 24.0 Å². The van der Waals surface area contributed by atoms with Gasteiger partial charge in [-0.3, -0.25) is 9.89 Å². The maximum absolute atomic E-state index is 11.2. The van der Waals surface area contributed by atoms with Crippen molar-refractivity contribution in [3.8, 4) is 22.3 Å². The van der Waals surface area contributed by atoms with Gasteiger partial charge in [0.2, 0.25) is 10.0 Å². The number of carbonyl (C=O) groups excluding carboxylic acids is 1. The standard InChI is InChI=1S/C14H10N6OS.C7H15NO2S/c15-13(21)12-1-8(7-22-12)11-5-19-20-6-10(2-16-14(11)20)9-3-17-18-4-9;1-11(9,10)8-7-5-3-2-4-6-7/h1-7H,(H2,15,21)(H,17,18);7-8H,2-6H2,1H3. The highest BCUT2D eigenvalue weighted by molar-refractivity contribution is 7.88. The number of primary amides is 1. The average molecular weight is 488 g/mol. The van der Waals surface area contributed by atoms with Crippen molar-refractivity contribution in [3.05, 3.63) is 47.3 Å². The van der Waals surface area contributed by atoms with E-state index in [0.29, 0.717) is 4.88 Å². The summed E-state index contributed by atoms with van der Waals surface area (Å²) in [7, 11) is -2.97. The monoisotopic (exact) mass is 487 g/mol. The second kappa shape index (κ2) is 9.81. The number of aromatic nitrogens is 5. The van der Waals surface area contributed by atoms with Crippen LogP contribution < -0.4 is 10.5 Å². The van der Waals surface area contributed by atoms with Gasteiger partial charge < -0.3 is 5.73 Å². The number of hydrogen-bond acceptors (Lipinski definition) is 7. The van der Waals surface area contributed by atoms with E-state index in [2.05, 4.69) is 25.0 Å². The van der Waals surface area contributed by atoms with Gasteiger partial charge in [-0.05, 0) is 29.9 Å². The van der Waals surface area contributed by atoms with Crippen molar-refractivity contribution >= 4 is 32.9 Å². The Labute approximate surface area is 195 Å². The molecule has 0 spiro atoms. The van der Waals surface area contributed by atoms with E-state index in [-0.39, 0.29) is 6.04 Å². The minimum Gasteiger partial charge on any atom is -0.365 e. The predicted octanol–water partition coefficient (Wildman–Crippen LogP) is 2.82. The number of amides is 1. The molecule has 5 rings (SSSR count). The zero-order valence-corrected chi connectivity index (χ0v) is 19.7. The molecule has 1 aliphatic rings. The van der Waals surface area contributed by atoms with Crippen LogP contribution in [0.4, 0.5) is 0 Å². The number of H-pyrrole nitrogens is 1. The maximum atomic E-state index is 11.2. The van der Waals surface area contributed by atoms with Gasteiger partial charge in [-0.2, -0.15) is 10.2 Å². The Morgan fingerprint density at radius 2 is 1.97 bits per heavy atom. The van der Waals surface area contributed by atoms with Gasteiger partial charge >= 0.3 is 0 Å². The number of nitrogens with two attached hydrogens (primary N) is 1. The first-order valence-electron chi connectivity index (χ1n) is 10.5. The molecule has 10 nitrogen and oxygen atoms in total. The molecule has 0 aliphatic heterocycles. The van der Waals surface area contributed by atoms with Gasteiger partial charge in [0.05, 0.1) is 23.5 Å². The quantitative estimate of drug-likeness (QED) is 0.394. The fourth-order valence-electron chi connectivity index (χ4n) is 3.77. The molecule has 0 radical (unpaired) electrons. The number of sulfonamides is 1. The number of rotatable bonds is 5. The predicted molar refractivity (Wildman–Crippen MR) is 127 cm³/mol. The molecule has 33 heavy (non-hydrogen) atoms. The Kier molecular flexibility index (Phi) is 6.86. The minimum atomic E-state index is -2.97. The Balaban J connectivity index is 0.000000200. The molecule has 0 unspecified atom stereocenters. The van der Waals surface area contributed by atoms with Crippen LogP contribution in [0.3, 0.4) is 0 Å². The van der Waals surface area contributed by atoms with Crippen LogP contribution in [0.1, 0.15) is 41.8 Å². The highest BCUT2D eigenvalue weighted by atomic mass is 32.2. The summed E-state index contributed by atoms with van der Waals surface area (Å²) in [4.78, 5) is 16.2. The van der Waals surface area contributed by atoms with Crippen LogP contribution >= 0.6 is 11.3 Å². The summed E-state index contributed by atoms with van der Waals surface area (Å²) in [5, 5.41) is 12.9. The van der Waals surface area contributed by atoms with Crippen molar-refractivity contribution in [2.45, 2.75) is 38.1 Å². The summed E-state index contributed by atoms with van der Waals surface area (Å²) in [6, 6.07) is 1.97. The second-order valence-corrected chi connectivity index (χ2v) is 10.6. The first-order valence-corrected chi connectivity index (χ1v) is 13.3. The summed E-state index contributed by atoms with van der Waals surface area (Å²) >= 11 is 1.31. The number of fused-ring (bicyclic) bond motifs is 1. The number of aromatic amines is 1. The zero-order valence-electron chi connectivity index (χ0n) is 18.1. The van der Waals surface area contributed by atoms with Gasteiger partial charge in [-0.1, -0.05) is 19.3 Å². The largest absolute Gasteiger partial charge is 0.365 e. The van der Waals surface area contributed by atoms with Gasteiger partial charge in [-0.15, -0.1) is 11.3 Å². The third-order valence-electron chi connectivity index (χ3n) is 5.33. The third-order valence-corrected chi connectivity index (χ3v) is 7.03. The number of hydrogen-bond donors (Lipinski definition) is 3. The fourth-order valence-corrected chi connectivity index (χ4v) is 5.37. The van der Waals surface area contributed by atoms with Gasteiger partial charge in [0, 0.05) is 41.3 Å². The summed E-state index contributed by atoms with van der Waals surface area (Å²) in [6.45, 7) is 0. The molecule has 4 heterocycles. The smallest absolute Gasteiger partial charge is 0.258 e. The van der Waals surface area contributed by atoms with Crippen LogP contribution in [0.15, 0.2) is 42.4 Å². The van der Waals surface area contributed by atoms with E-state index in [1.54, 1.807) is 35.4 Å². The molecule has 1 fully saturated rings. The molecule has 12 heteroatoms. The van der Waals surface area contributed by atoms with Crippen LogP contribution in [-0.4, -0.2) is 51.4 Å². The summed E-state index contributed by atoms with van der Waals surface area (Å²) in [5.74, 6) is -0.428. The van der Waals surface area contributed by atoms with Crippen molar-refractivity contribution in [2.24, 2.45) is 5.73 Å². The van der Waals surface area contributed by atoms with E-state index >= 15 is 0 Å². The highest BCUT2D eigenvalue weighted by Gasteiger charge is 2.16. The van der Waals surface area contributed by atoms with Crippen molar-refractivity contribution in [3.63, 3.8) is 0 Å². The average Bonchev–Trinajstić information content (AvgIpc) is 3.53. The topological polar surface area (TPSA) is 148 Å². The van der Waals surface area contributed by atoms with Gasteiger partial charge in [0.1, 0.15) is 0 Å². The molecule has 4 aromatic heterocycles. The Bertz CT molecular complexity index is 1340. The zero-order chi connectivity index (χ0) is 23.4. The second-order valence-electron chi connectivity index (χ2n) is 7.94. The molecule has 4 N–H and O–H groups in total. The van der Waals surface area contributed by atoms with E-state index in [0.717, 1.165) is 53.6 Å². The number of thiophene rings is 1. The molecular formula is C21H25N7O3S2. The van der Waals surface area contributed by atoms with E-state index in [1.807, 2.05) is 11.6 Å². The van der Waals surface area contributed by atoms with Crippen LogP contribution in [0.5, 0.6) is 0 Å². The van der Waals surface area contributed by atoms with Crippen LogP contribution in [-0.2, 0) is 10.0 Å². The highest BCUT2D eigenvalue weighted by Crippen LogP contribution is 2.29. The van der Waals surface area contributed by atoms with Gasteiger partial charge in [0.15, 0.2) is 5.65 Å². The molecule has 174 valence electrons. The van der Waals surface area contributed by atoms with E-state index in [9.17, 15) is 13.2 Å². The molecule has 1 amide bonds. The van der Waals surface area contributed by atoms with Crippen molar-refractivity contribution < 1.29 is 13.2 Å². The van der Waals surface area contributed by atoms with Crippen molar-refractivity contribution in [2.75, 3.05) is 6.26 Å². The Morgan fingerprint density at radius 1 is 1.18 bits per heavy atom. The first kappa shape index (κ1) is 23.1. The van der Waals surface area contributed by atoms with Crippen molar-refractivity contribution in [1.29, 1.82) is 0 Å². The molecule has 0 bridgehead atoms. The molecule has 1 aliphatic carbocycles. The maximum Gasteiger partial charge on any atom is 0.258 e. The number of carbonyl (C=O) groups is 1. The van der Waals surface area contributed by atoms with Crippen LogP contribution in [0.25, 0.3) is 27.9 Å². The van der Waals surface area contributed by atoms with E-state index < -0.39 is 15.9 Å². The first-order chi connectivity index (χ1) is 15.8. The van der Waals surface area contributed by atoms with Crippen LogP contribution in [0.2, 0.25) is 0 Å². The normalized spacial score (nSPS) is 14.7. The SMILES string of the molecule is CS(=O)(=O)NC1CCCCC1.NC(=O)c1cc(-c2cnn3cc(-c4cn[nH]c4)cnc23)cs1. The third kappa shape index (κ3) is 5.83. The molecule has 4 aromatic rings. The molecule has 1 saturated carbocycles. The van der Waals surface area contributed by atoms with E-state index in [4.69, 9.17) is 5.73 Å². The van der Waals surface area contributed by atoms with Gasteiger partial charge in [-0.25, -0.2) is 22.6 Å². The summed E-state index contributed by atoms with van der Waals surface area (Å²) in [5.41, 5.74) is 9.62. The summed E-state index contributed by atoms with van der Waals surface area (Å²) < 4.78 is 25.9. The lowest BCUT2D eigenvalue weighted by atomic mass is 9.96. The number of nitrogens with zero attached hydrogens (tertiary/aromatic N) is 4. The lowest BCUT2D eigenvalue weighted by Gasteiger charge is -2.21. The molecule has 0 aromatic carbocycles. The number of nitrogens with one attached hydrogen (secondary N) is 2. The molecule has 0 saturated heterocycles. The summed E-state index contributed by atoms with van der Waals surface area (Å²) in [6.07, 6.45) is 15.7. The fraction of sp³-hybridized carbons (Fsp3) is 0.333. The van der Waals surface area contributed by atoms with Gasteiger partial charge in [0.25, 0.3) is 5.91 Å². The van der Waals surface area contributed by atoms with Crippen LogP contribution in [0, 0.1) is 0 Å². The Hall–Kier alpha value is -3.09. The lowest BCUT2D eigenvalue weighted by Crippen LogP contribution is -2.35. The van der Waals surface area contributed by atoms with Crippen molar-refractivity contribution in [1.82, 2.24) is 29.5 Å².